The monoisotopic (exact) mass is 239 g/mol. The molecule has 2 rings (SSSR count). The second kappa shape index (κ2) is 4.59. The molecule has 15 heavy (non-hydrogen) atoms. The van der Waals surface area contributed by atoms with Crippen LogP contribution < -0.4 is 4.90 Å². The molecule has 0 bridgehead atoms. The van der Waals surface area contributed by atoms with Crippen molar-refractivity contribution in [3.05, 3.63) is 39.7 Å². The molecule has 0 amide bonds. The zero-order valence-electron chi connectivity index (χ0n) is 8.22. The number of anilines is 1. The van der Waals surface area contributed by atoms with Crippen molar-refractivity contribution < 1.29 is 0 Å². The first-order valence-electron chi connectivity index (χ1n) is 4.48. The topological polar surface area (TPSA) is 29.0 Å². The molecular weight excluding hydrogens is 230 g/mol. The first-order chi connectivity index (χ1) is 7.25. The lowest BCUT2D eigenvalue weighted by Gasteiger charge is -2.15. The summed E-state index contributed by atoms with van der Waals surface area (Å²) in [5.74, 6) is 0.827. The Balaban J connectivity index is 2.08. The highest BCUT2D eigenvalue weighted by Crippen LogP contribution is 2.16. The Kier molecular flexibility index (Phi) is 3.18. The number of halogens is 1. The van der Waals surface area contributed by atoms with Gasteiger partial charge in [-0.2, -0.15) is 0 Å². The average Bonchev–Trinajstić information content (AvgIpc) is 2.71. The molecule has 0 aliphatic heterocycles. The predicted molar refractivity (Wildman–Crippen MR) is 63.5 cm³/mol. The van der Waals surface area contributed by atoms with E-state index in [-0.39, 0.29) is 0 Å². The van der Waals surface area contributed by atoms with Crippen LogP contribution in [0.1, 0.15) is 4.88 Å². The number of thiophene rings is 1. The Bertz CT molecular complexity index is 413. The fourth-order valence-electron chi connectivity index (χ4n) is 1.23. The minimum absolute atomic E-state index is 0.420. The Hall–Kier alpha value is -1.13. The minimum Gasteiger partial charge on any atom is -0.353 e. The number of hydrogen-bond acceptors (Lipinski definition) is 4. The van der Waals surface area contributed by atoms with Gasteiger partial charge in [-0.3, -0.25) is 0 Å². The number of hydrogen-bond donors (Lipinski definition) is 0. The third kappa shape index (κ3) is 2.67. The Morgan fingerprint density at radius 3 is 2.80 bits per heavy atom. The lowest BCUT2D eigenvalue weighted by atomic mass is 10.4. The lowest BCUT2D eigenvalue weighted by Crippen LogP contribution is -2.17. The Labute approximate surface area is 97.3 Å². The average molecular weight is 240 g/mol. The number of rotatable bonds is 3. The largest absolute Gasteiger partial charge is 0.353 e. The van der Waals surface area contributed by atoms with E-state index in [1.165, 1.54) is 4.88 Å². The van der Waals surface area contributed by atoms with Crippen molar-refractivity contribution in [2.75, 3.05) is 11.9 Å². The zero-order valence-corrected chi connectivity index (χ0v) is 9.79. The molecule has 0 saturated heterocycles. The standard InChI is InChI=1S/C10H10ClN3S/c1-14(7-8-3-2-6-15-8)10-5-4-9(11)12-13-10/h2-6H,7H2,1H3. The zero-order chi connectivity index (χ0) is 10.7. The lowest BCUT2D eigenvalue weighted by molar-refractivity contribution is 0.877. The SMILES string of the molecule is CN(Cc1cccs1)c1ccc(Cl)nn1. The van der Waals surface area contributed by atoms with Crippen LogP contribution in [0.25, 0.3) is 0 Å². The van der Waals surface area contributed by atoms with E-state index in [4.69, 9.17) is 11.6 Å². The van der Waals surface area contributed by atoms with Crippen LogP contribution in [0.3, 0.4) is 0 Å². The summed E-state index contributed by atoms with van der Waals surface area (Å²) < 4.78 is 0. The molecule has 0 atom stereocenters. The second-order valence-corrected chi connectivity index (χ2v) is 4.57. The van der Waals surface area contributed by atoms with Crippen molar-refractivity contribution in [2.45, 2.75) is 6.54 Å². The van der Waals surface area contributed by atoms with Gasteiger partial charge in [-0.25, -0.2) is 0 Å². The van der Waals surface area contributed by atoms with Crippen molar-refractivity contribution in [3.63, 3.8) is 0 Å². The van der Waals surface area contributed by atoms with E-state index in [1.807, 2.05) is 24.1 Å². The maximum absolute atomic E-state index is 5.67. The highest BCUT2D eigenvalue weighted by molar-refractivity contribution is 7.09. The van der Waals surface area contributed by atoms with E-state index in [0.29, 0.717) is 5.15 Å². The first-order valence-corrected chi connectivity index (χ1v) is 5.74. The van der Waals surface area contributed by atoms with E-state index < -0.39 is 0 Å². The molecule has 2 aromatic heterocycles. The summed E-state index contributed by atoms with van der Waals surface area (Å²) in [4.78, 5) is 3.34. The van der Waals surface area contributed by atoms with Gasteiger partial charge < -0.3 is 4.90 Å². The van der Waals surface area contributed by atoms with Gasteiger partial charge in [0.05, 0.1) is 6.54 Å². The van der Waals surface area contributed by atoms with E-state index >= 15 is 0 Å². The smallest absolute Gasteiger partial charge is 0.151 e. The minimum atomic E-state index is 0.420. The fraction of sp³-hybridized carbons (Fsp3) is 0.200. The van der Waals surface area contributed by atoms with Crippen LogP contribution >= 0.6 is 22.9 Å². The number of aromatic nitrogens is 2. The van der Waals surface area contributed by atoms with Gasteiger partial charge in [0, 0.05) is 11.9 Å². The molecule has 0 saturated carbocycles. The molecule has 2 heterocycles. The number of nitrogens with zero attached hydrogens (tertiary/aromatic N) is 3. The van der Waals surface area contributed by atoms with Crippen LogP contribution in [0.15, 0.2) is 29.6 Å². The summed E-state index contributed by atoms with van der Waals surface area (Å²) in [6.45, 7) is 0.841. The van der Waals surface area contributed by atoms with Crippen LogP contribution in [0, 0.1) is 0 Å². The van der Waals surface area contributed by atoms with Crippen molar-refractivity contribution in [2.24, 2.45) is 0 Å². The molecule has 0 N–H and O–H groups in total. The molecule has 0 aromatic carbocycles. The van der Waals surface area contributed by atoms with Gasteiger partial charge in [-0.1, -0.05) is 17.7 Å². The third-order valence-electron chi connectivity index (χ3n) is 1.98. The van der Waals surface area contributed by atoms with Crippen molar-refractivity contribution in [1.82, 2.24) is 10.2 Å². The van der Waals surface area contributed by atoms with Gasteiger partial charge in [0.15, 0.2) is 11.0 Å². The molecule has 0 radical (unpaired) electrons. The molecule has 0 unspecified atom stereocenters. The predicted octanol–water partition coefficient (Wildman–Crippen LogP) is 2.83. The van der Waals surface area contributed by atoms with Crippen LogP contribution in [0.4, 0.5) is 5.82 Å². The molecule has 0 aliphatic rings. The maximum Gasteiger partial charge on any atom is 0.151 e. The molecule has 5 heteroatoms. The summed E-state index contributed by atoms with van der Waals surface area (Å²) >= 11 is 7.40. The molecule has 3 nitrogen and oxygen atoms in total. The van der Waals surface area contributed by atoms with Gasteiger partial charge in [0.1, 0.15) is 0 Å². The van der Waals surface area contributed by atoms with Crippen LogP contribution in [0.2, 0.25) is 5.15 Å². The normalized spacial score (nSPS) is 10.3. The van der Waals surface area contributed by atoms with Gasteiger partial charge in [0.25, 0.3) is 0 Å². The van der Waals surface area contributed by atoms with E-state index in [9.17, 15) is 0 Å². The molecule has 0 spiro atoms. The summed E-state index contributed by atoms with van der Waals surface area (Å²) in [6, 6.07) is 7.75. The highest BCUT2D eigenvalue weighted by Gasteiger charge is 2.04. The highest BCUT2D eigenvalue weighted by atomic mass is 35.5. The maximum atomic E-state index is 5.67. The van der Waals surface area contributed by atoms with Crippen molar-refractivity contribution >= 4 is 28.8 Å². The molecular formula is C10H10ClN3S. The van der Waals surface area contributed by atoms with Gasteiger partial charge in [-0.15, -0.1) is 21.5 Å². The van der Waals surface area contributed by atoms with Gasteiger partial charge >= 0.3 is 0 Å². The summed E-state index contributed by atoms with van der Waals surface area (Å²) in [5.41, 5.74) is 0. The van der Waals surface area contributed by atoms with E-state index in [2.05, 4.69) is 21.6 Å². The summed E-state index contributed by atoms with van der Waals surface area (Å²) in [6.07, 6.45) is 0. The second-order valence-electron chi connectivity index (χ2n) is 3.15. The van der Waals surface area contributed by atoms with Gasteiger partial charge in [-0.05, 0) is 23.6 Å². The first kappa shape index (κ1) is 10.4. The van der Waals surface area contributed by atoms with Crippen LogP contribution in [-0.2, 0) is 6.54 Å². The third-order valence-corrected chi connectivity index (χ3v) is 3.04. The molecule has 0 fully saturated rings. The van der Waals surface area contributed by atoms with Crippen molar-refractivity contribution in [3.8, 4) is 0 Å². The summed E-state index contributed by atoms with van der Waals surface area (Å²) in [7, 11) is 1.98. The van der Waals surface area contributed by atoms with E-state index in [0.717, 1.165) is 12.4 Å². The van der Waals surface area contributed by atoms with Gasteiger partial charge in [0.2, 0.25) is 0 Å². The van der Waals surface area contributed by atoms with Crippen LogP contribution in [-0.4, -0.2) is 17.2 Å². The Morgan fingerprint density at radius 2 is 2.20 bits per heavy atom. The molecule has 78 valence electrons. The quantitative estimate of drug-likeness (QED) is 0.825. The molecule has 2 aromatic rings. The van der Waals surface area contributed by atoms with Crippen molar-refractivity contribution in [1.29, 1.82) is 0 Å². The molecule has 0 aliphatic carbocycles. The van der Waals surface area contributed by atoms with E-state index in [1.54, 1.807) is 17.4 Å². The Morgan fingerprint density at radius 1 is 1.33 bits per heavy atom. The fourth-order valence-corrected chi connectivity index (χ4v) is 2.09. The summed E-state index contributed by atoms with van der Waals surface area (Å²) in [5, 5.41) is 10.3. The van der Waals surface area contributed by atoms with Crippen LogP contribution in [0.5, 0.6) is 0 Å².